The van der Waals surface area contributed by atoms with Gasteiger partial charge in [0.1, 0.15) is 5.69 Å². The summed E-state index contributed by atoms with van der Waals surface area (Å²) >= 11 is 0. The van der Waals surface area contributed by atoms with E-state index in [9.17, 15) is 4.79 Å². The molecule has 0 saturated carbocycles. The van der Waals surface area contributed by atoms with Crippen LogP contribution in [0.3, 0.4) is 0 Å². The molecule has 3 heteroatoms. The number of benzene rings is 1. The third kappa shape index (κ3) is 2.03. The molecule has 0 aliphatic rings. The molecule has 0 N–H and O–H groups in total. The molecule has 0 aliphatic carbocycles. The summed E-state index contributed by atoms with van der Waals surface area (Å²) in [6, 6.07) is 9.55. The van der Waals surface area contributed by atoms with Crippen LogP contribution in [0.25, 0.3) is 11.3 Å². The molecule has 0 atom stereocenters. The predicted molar refractivity (Wildman–Crippen MR) is 64.2 cm³/mol. The lowest BCUT2D eigenvalue weighted by atomic mass is 10.1. The quantitative estimate of drug-likeness (QED) is 0.786. The number of rotatable bonds is 3. The summed E-state index contributed by atoms with van der Waals surface area (Å²) in [4.78, 5) is 16.2. The van der Waals surface area contributed by atoms with Crippen LogP contribution in [0, 0.1) is 0 Å². The van der Waals surface area contributed by atoms with E-state index in [1.807, 2.05) is 30.3 Å². The fourth-order valence-electron chi connectivity index (χ4n) is 1.66. The Bertz CT molecular complexity index is 517. The van der Waals surface area contributed by atoms with Crippen LogP contribution in [0.5, 0.6) is 0 Å². The summed E-state index contributed by atoms with van der Waals surface area (Å²) in [6.45, 7) is 2.79. The van der Waals surface area contributed by atoms with Crippen LogP contribution in [0.2, 0.25) is 0 Å². The molecule has 3 nitrogen and oxygen atoms in total. The van der Waals surface area contributed by atoms with E-state index in [2.05, 4.69) is 11.9 Å². The maximum Gasteiger partial charge on any atom is 0.277 e. The molecule has 0 spiro atoms. The molecule has 0 amide bonds. The molecule has 0 fully saturated rings. The van der Waals surface area contributed by atoms with Gasteiger partial charge in [0.05, 0.1) is 0 Å². The minimum Gasteiger partial charge on any atom is -0.312 e. The van der Waals surface area contributed by atoms with Crippen molar-refractivity contribution in [2.24, 2.45) is 0 Å². The van der Waals surface area contributed by atoms with Crippen molar-refractivity contribution < 1.29 is 0 Å². The molecule has 0 saturated heterocycles. The Labute approximate surface area is 94.4 Å². The Balaban J connectivity index is 2.51. The van der Waals surface area contributed by atoms with Gasteiger partial charge in [-0.15, -0.1) is 0 Å². The van der Waals surface area contributed by atoms with E-state index in [0.29, 0.717) is 5.69 Å². The molecule has 2 aromatic rings. The van der Waals surface area contributed by atoms with Crippen molar-refractivity contribution in [3.63, 3.8) is 0 Å². The summed E-state index contributed by atoms with van der Waals surface area (Å²) in [5, 5.41) is 0. The van der Waals surface area contributed by atoms with Crippen molar-refractivity contribution >= 4 is 0 Å². The monoisotopic (exact) mass is 214 g/mol. The van der Waals surface area contributed by atoms with Crippen molar-refractivity contribution in [1.82, 2.24) is 9.55 Å². The highest BCUT2D eigenvalue weighted by Crippen LogP contribution is 2.10. The molecule has 1 aromatic heterocycles. The number of hydrogen-bond donors (Lipinski definition) is 0. The van der Waals surface area contributed by atoms with Crippen LogP contribution in [-0.4, -0.2) is 9.55 Å². The normalized spacial score (nSPS) is 10.3. The molecule has 0 aliphatic heterocycles. The fraction of sp³-hybridized carbons (Fsp3) is 0.231. The van der Waals surface area contributed by atoms with E-state index >= 15 is 0 Å². The maximum absolute atomic E-state index is 12.1. The van der Waals surface area contributed by atoms with Crippen molar-refractivity contribution in [3.05, 3.63) is 53.1 Å². The highest BCUT2D eigenvalue weighted by Gasteiger charge is 2.05. The number of aryl methyl sites for hydroxylation is 1. The van der Waals surface area contributed by atoms with E-state index in [1.165, 1.54) is 0 Å². The Morgan fingerprint density at radius 1 is 1.25 bits per heavy atom. The zero-order valence-electron chi connectivity index (χ0n) is 9.26. The van der Waals surface area contributed by atoms with Gasteiger partial charge in [-0.05, 0) is 6.42 Å². The molecule has 2 rings (SSSR count). The summed E-state index contributed by atoms with van der Waals surface area (Å²) in [6.07, 6.45) is 4.36. The first kappa shape index (κ1) is 10.6. The van der Waals surface area contributed by atoms with Crippen molar-refractivity contribution in [2.75, 3.05) is 0 Å². The largest absolute Gasteiger partial charge is 0.312 e. The lowest BCUT2D eigenvalue weighted by Gasteiger charge is -2.05. The topological polar surface area (TPSA) is 34.9 Å². The molecule has 0 unspecified atom stereocenters. The van der Waals surface area contributed by atoms with Crippen molar-refractivity contribution in [1.29, 1.82) is 0 Å². The lowest BCUT2D eigenvalue weighted by molar-refractivity contribution is 0.650. The number of aromatic nitrogens is 2. The van der Waals surface area contributed by atoms with E-state index < -0.39 is 0 Å². The van der Waals surface area contributed by atoms with E-state index in [0.717, 1.165) is 18.5 Å². The van der Waals surface area contributed by atoms with E-state index in [4.69, 9.17) is 0 Å². The Hall–Kier alpha value is -1.90. The van der Waals surface area contributed by atoms with Crippen LogP contribution in [-0.2, 0) is 6.54 Å². The predicted octanol–water partition coefficient (Wildman–Crippen LogP) is 2.32. The van der Waals surface area contributed by atoms with Gasteiger partial charge < -0.3 is 4.57 Å². The molecular weight excluding hydrogens is 200 g/mol. The minimum atomic E-state index is -0.0180. The standard InChI is InChI=1S/C13H14N2O/c1-2-9-15-10-8-14-12(13(15)16)11-6-4-3-5-7-11/h3-8,10H,2,9H2,1H3. The second kappa shape index (κ2) is 4.75. The van der Waals surface area contributed by atoms with Crippen molar-refractivity contribution in [3.8, 4) is 11.3 Å². The third-order valence-electron chi connectivity index (χ3n) is 2.43. The summed E-state index contributed by atoms with van der Waals surface area (Å²) in [5.41, 5.74) is 1.38. The number of nitrogens with zero attached hydrogens (tertiary/aromatic N) is 2. The van der Waals surface area contributed by atoms with Gasteiger partial charge in [-0.2, -0.15) is 0 Å². The smallest absolute Gasteiger partial charge is 0.277 e. The molecule has 1 aromatic carbocycles. The zero-order chi connectivity index (χ0) is 11.4. The maximum atomic E-state index is 12.1. The van der Waals surface area contributed by atoms with Crippen LogP contribution >= 0.6 is 0 Å². The zero-order valence-corrected chi connectivity index (χ0v) is 9.26. The average Bonchev–Trinajstić information content (AvgIpc) is 2.33. The molecule has 1 heterocycles. The van der Waals surface area contributed by atoms with E-state index in [1.54, 1.807) is 17.0 Å². The van der Waals surface area contributed by atoms with Gasteiger partial charge in [-0.1, -0.05) is 37.3 Å². The number of hydrogen-bond acceptors (Lipinski definition) is 2. The van der Waals surface area contributed by atoms with Gasteiger partial charge in [-0.25, -0.2) is 4.98 Å². The van der Waals surface area contributed by atoms with Gasteiger partial charge in [-0.3, -0.25) is 4.79 Å². The van der Waals surface area contributed by atoms with Gasteiger partial charge in [0, 0.05) is 24.5 Å². The van der Waals surface area contributed by atoms with Crippen LogP contribution < -0.4 is 5.56 Å². The van der Waals surface area contributed by atoms with Gasteiger partial charge >= 0.3 is 0 Å². The first-order valence-corrected chi connectivity index (χ1v) is 5.44. The molecule has 0 radical (unpaired) electrons. The molecular formula is C13H14N2O. The second-order valence-electron chi connectivity index (χ2n) is 3.64. The lowest BCUT2D eigenvalue weighted by Crippen LogP contribution is -2.22. The van der Waals surface area contributed by atoms with Crippen LogP contribution in [0.4, 0.5) is 0 Å². The van der Waals surface area contributed by atoms with Crippen LogP contribution in [0.15, 0.2) is 47.5 Å². The second-order valence-corrected chi connectivity index (χ2v) is 3.64. The first-order valence-electron chi connectivity index (χ1n) is 5.44. The summed E-state index contributed by atoms with van der Waals surface area (Å²) in [5.74, 6) is 0. The van der Waals surface area contributed by atoms with Gasteiger partial charge in [0.25, 0.3) is 5.56 Å². The summed E-state index contributed by atoms with van der Waals surface area (Å²) < 4.78 is 1.70. The third-order valence-corrected chi connectivity index (χ3v) is 2.43. The Morgan fingerprint density at radius 2 is 2.00 bits per heavy atom. The fourth-order valence-corrected chi connectivity index (χ4v) is 1.66. The molecule has 82 valence electrons. The molecule has 0 bridgehead atoms. The van der Waals surface area contributed by atoms with Crippen LogP contribution in [0.1, 0.15) is 13.3 Å². The van der Waals surface area contributed by atoms with Gasteiger partial charge in [0.2, 0.25) is 0 Å². The minimum absolute atomic E-state index is 0.0180. The highest BCUT2D eigenvalue weighted by atomic mass is 16.1. The Morgan fingerprint density at radius 3 is 2.69 bits per heavy atom. The first-order chi connectivity index (χ1) is 7.83. The Kier molecular flexibility index (Phi) is 3.15. The molecule has 16 heavy (non-hydrogen) atoms. The highest BCUT2D eigenvalue weighted by molar-refractivity contribution is 5.57. The summed E-state index contributed by atoms with van der Waals surface area (Å²) in [7, 11) is 0. The average molecular weight is 214 g/mol. The van der Waals surface area contributed by atoms with Gasteiger partial charge in [0.15, 0.2) is 0 Å². The SMILES string of the molecule is CCCn1ccnc(-c2ccccc2)c1=O. The van der Waals surface area contributed by atoms with E-state index in [-0.39, 0.29) is 5.56 Å². The van der Waals surface area contributed by atoms with Crippen molar-refractivity contribution in [2.45, 2.75) is 19.9 Å².